The molecule has 1 saturated carbocycles. The van der Waals surface area contributed by atoms with Crippen molar-refractivity contribution in [2.45, 2.75) is 51.6 Å². The second-order valence-electron chi connectivity index (χ2n) is 9.59. The molecule has 1 atom stereocenters. The summed E-state index contributed by atoms with van der Waals surface area (Å²) >= 11 is 0. The molecule has 2 fully saturated rings. The van der Waals surface area contributed by atoms with Gasteiger partial charge in [-0.15, -0.1) is 0 Å². The molecular weight excluding hydrogens is 503 g/mol. The lowest BCUT2D eigenvalue weighted by Crippen LogP contribution is -2.51. The van der Waals surface area contributed by atoms with E-state index < -0.39 is 12.8 Å². The van der Waals surface area contributed by atoms with E-state index in [1.165, 1.54) is 6.33 Å². The third-order valence-corrected chi connectivity index (χ3v) is 6.51. The molecule has 1 saturated heterocycles. The van der Waals surface area contributed by atoms with Crippen LogP contribution in [0.3, 0.4) is 0 Å². The quantitative estimate of drug-likeness (QED) is 0.335. The lowest BCUT2D eigenvalue weighted by Gasteiger charge is -2.33. The maximum atomic E-state index is 12.6. The maximum absolute atomic E-state index is 12.6. The average molecular weight is 536 g/mol. The highest BCUT2D eigenvalue weighted by Gasteiger charge is 2.28. The van der Waals surface area contributed by atoms with Crippen molar-refractivity contribution in [2.24, 2.45) is 5.92 Å². The van der Waals surface area contributed by atoms with Gasteiger partial charge < -0.3 is 25.0 Å². The monoisotopic (exact) mass is 535 g/mol. The molecule has 14 heteroatoms. The van der Waals surface area contributed by atoms with Crippen molar-refractivity contribution in [3.63, 3.8) is 0 Å². The van der Waals surface area contributed by atoms with Crippen molar-refractivity contribution in [1.82, 2.24) is 35.0 Å². The lowest BCUT2D eigenvalue weighted by atomic mass is 10.1. The molecule has 0 unspecified atom stereocenters. The van der Waals surface area contributed by atoms with Crippen molar-refractivity contribution in [3.8, 4) is 0 Å². The molecule has 3 aromatic rings. The van der Waals surface area contributed by atoms with Gasteiger partial charge in [0.2, 0.25) is 5.95 Å². The highest BCUT2D eigenvalue weighted by Crippen LogP contribution is 2.31. The molecule has 11 nitrogen and oxygen atoms in total. The Bertz CT molecular complexity index is 1200. The molecule has 0 spiro atoms. The number of aromatic nitrogens is 6. The predicted octanol–water partition coefficient (Wildman–Crippen LogP) is 3.05. The maximum Gasteiger partial charge on any atom is 0.411 e. The van der Waals surface area contributed by atoms with Gasteiger partial charge in [-0.2, -0.15) is 23.3 Å². The zero-order chi connectivity index (χ0) is 26.5. The van der Waals surface area contributed by atoms with Gasteiger partial charge in [-0.1, -0.05) is 6.92 Å². The van der Waals surface area contributed by atoms with Crippen LogP contribution in [0.5, 0.6) is 0 Å². The minimum absolute atomic E-state index is 0.0852. The van der Waals surface area contributed by atoms with Crippen LogP contribution in [0.4, 0.5) is 30.8 Å². The van der Waals surface area contributed by atoms with E-state index >= 15 is 0 Å². The summed E-state index contributed by atoms with van der Waals surface area (Å²) in [6, 6.07) is 2.02. The number of hydrogen-bond acceptors (Lipinski definition) is 10. The van der Waals surface area contributed by atoms with Crippen molar-refractivity contribution >= 4 is 28.6 Å². The molecule has 38 heavy (non-hydrogen) atoms. The minimum atomic E-state index is -4.40. The number of ether oxygens (including phenoxy) is 2. The Morgan fingerprint density at radius 3 is 2.82 bits per heavy atom. The summed E-state index contributed by atoms with van der Waals surface area (Å²) in [7, 11) is 0. The van der Waals surface area contributed by atoms with Gasteiger partial charge >= 0.3 is 6.18 Å². The molecule has 2 N–H and O–H groups in total. The normalized spacial score (nSPS) is 18.3. The zero-order valence-corrected chi connectivity index (χ0v) is 21.2. The van der Waals surface area contributed by atoms with Crippen LogP contribution in [-0.2, 0) is 22.6 Å². The number of fused-ring (bicyclic) bond motifs is 1. The van der Waals surface area contributed by atoms with E-state index in [-0.39, 0.29) is 19.8 Å². The van der Waals surface area contributed by atoms with Gasteiger partial charge in [0.1, 0.15) is 35.5 Å². The minimum Gasteiger partial charge on any atom is -0.375 e. The number of halogens is 3. The zero-order valence-electron chi connectivity index (χ0n) is 21.2. The summed E-state index contributed by atoms with van der Waals surface area (Å²) in [5.41, 5.74) is 1.74. The molecule has 2 aliphatic rings. The van der Waals surface area contributed by atoms with Gasteiger partial charge in [-0.25, -0.2) is 15.0 Å². The second-order valence-corrected chi connectivity index (χ2v) is 9.59. The number of hydrogen-bond donors (Lipinski definition) is 2. The molecule has 206 valence electrons. The van der Waals surface area contributed by atoms with Crippen molar-refractivity contribution in [1.29, 1.82) is 0 Å². The molecule has 0 bridgehead atoms. The van der Waals surface area contributed by atoms with Gasteiger partial charge in [0.05, 0.1) is 19.8 Å². The molecule has 4 heterocycles. The first kappa shape index (κ1) is 26.5. The molecule has 0 amide bonds. The lowest BCUT2D eigenvalue weighted by molar-refractivity contribution is -0.174. The fraction of sp³-hybridized carbons (Fsp3) is 0.625. The van der Waals surface area contributed by atoms with E-state index in [0.29, 0.717) is 52.9 Å². The predicted molar refractivity (Wildman–Crippen MR) is 134 cm³/mol. The van der Waals surface area contributed by atoms with Crippen LogP contribution in [0.2, 0.25) is 0 Å². The Balaban J connectivity index is 1.51. The fourth-order valence-electron chi connectivity index (χ4n) is 4.33. The number of anilines is 3. The molecule has 0 radical (unpaired) electrons. The average Bonchev–Trinajstić information content (AvgIpc) is 3.67. The Morgan fingerprint density at radius 1 is 1.21 bits per heavy atom. The number of nitrogens with one attached hydrogen (secondary N) is 2. The van der Waals surface area contributed by atoms with Gasteiger partial charge in [-0.05, 0) is 31.2 Å². The van der Waals surface area contributed by atoms with Crippen LogP contribution >= 0.6 is 0 Å². The molecule has 3 aromatic heterocycles. The first-order chi connectivity index (χ1) is 18.4. The summed E-state index contributed by atoms with van der Waals surface area (Å²) in [4.78, 5) is 20.1. The molecule has 1 aliphatic heterocycles. The summed E-state index contributed by atoms with van der Waals surface area (Å²) < 4.78 is 50.2. The third-order valence-electron chi connectivity index (χ3n) is 6.51. The molecule has 5 rings (SSSR count). The van der Waals surface area contributed by atoms with Crippen molar-refractivity contribution < 1.29 is 22.6 Å². The number of nitrogens with zero attached hydrogens (tertiary/aromatic N) is 7. The SMILES string of the molecule is CC[C@@H]1CN(c2nc(Nc3ccncn3)c3c(n2)c(COCC2CC2)nn3CCOCC(F)(F)F)CCN1. The molecule has 1 aliphatic carbocycles. The number of piperazine rings is 1. The van der Waals surface area contributed by atoms with Crippen molar-refractivity contribution in [2.75, 3.05) is 49.7 Å². The largest absolute Gasteiger partial charge is 0.411 e. The van der Waals surface area contributed by atoms with Gasteiger partial charge in [0.25, 0.3) is 0 Å². The van der Waals surface area contributed by atoms with E-state index in [9.17, 15) is 13.2 Å². The van der Waals surface area contributed by atoms with E-state index in [0.717, 1.165) is 38.9 Å². The standard InChI is InChI=1S/C24H32F3N9O2/c1-2-17-11-35(8-7-29-17)23-32-20-18(13-38-12-16-3-4-16)34-36(9-10-37-14-24(25,26)27)21(20)22(33-23)31-19-5-6-28-15-30-19/h5-6,15-17,29H,2-4,7-14H2,1H3,(H,28,30,31,32,33)/t17-/m1/s1. The van der Waals surface area contributed by atoms with Crippen LogP contribution in [0.15, 0.2) is 18.6 Å². The van der Waals surface area contributed by atoms with Gasteiger partial charge in [-0.3, -0.25) is 4.68 Å². The van der Waals surface area contributed by atoms with E-state index in [4.69, 9.17) is 19.4 Å². The van der Waals surface area contributed by atoms with Crippen LogP contribution in [0.1, 0.15) is 31.9 Å². The Labute approximate surface area is 218 Å². The van der Waals surface area contributed by atoms with E-state index in [1.54, 1.807) is 16.9 Å². The van der Waals surface area contributed by atoms with Gasteiger partial charge in [0.15, 0.2) is 5.82 Å². The third kappa shape index (κ3) is 6.85. The van der Waals surface area contributed by atoms with E-state index in [1.807, 2.05) is 0 Å². The second kappa shape index (κ2) is 11.7. The highest BCUT2D eigenvalue weighted by atomic mass is 19.4. The number of alkyl halides is 3. The smallest absolute Gasteiger partial charge is 0.375 e. The fourth-order valence-corrected chi connectivity index (χ4v) is 4.33. The van der Waals surface area contributed by atoms with Gasteiger partial charge in [0, 0.05) is 38.5 Å². The Kier molecular flexibility index (Phi) is 8.19. The highest BCUT2D eigenvalue weighted by molar-refractivity contribution is 5.90. The first-order valence-corrected chi connectivity index (χ1v) is 12.9. The summed E-state index contributed by atoms with van der Waals surface area (Å²) in [6.45, 7) is 3.90. The van der Waals surface area contributed by atoms with E-state index in [2.05, 4.69) is 37.5 Å². The molecule has 0 aromatic carbocycles. The van der Waals surface area contributed by atoms with Crippen LogP contribution < -0.4 is 15.5 Å². The number of rotatable bonds is 12. The summed E-state index contributed by atoms with van der Waals surface area (Å²) in [5, 5.41) is 11.4. The first-order valence-electron chi connectivity index (χ1n) is 12.9. The topological polar surface area (TPSA) is 115 Å². The van der Waals surface area contributed by atoms with Crippen LogP contribution in [0.25, 0.3) is 11.0 Å². The Hall–Kier alpha value is -3.10. The summed E-state index contributed by atoms with van der Waals surface area (Å²) in [5.74, 6) is 2.09. The Morgan fingerprint density at radius 2 is 2.08 bits per heavy atom. The molecular formula is C24H32F3N9O2. The summed E-state index contributed by atoms with van der Waals surface area (Å²) in [6.07, 6.45) is 1.92. The van der Waals surface area contributed by atoms with Crippen LogP contribution in [-0.4, -0.2) is 81.4 Å². The van der Waals surface area contributed by atoms with Crippen molar-refractivity contribution in [3.05, 3.63) is 24.3 Å². The van der Waals surface area contributed by atoms with Crippen LogP contribution in [0, 0.1) is 5.92 Å².